The summed E-state index contributed by atoms with van der Waals surface area (Å²) in [6.07, 6.45) is -3.41. The van der Waals surface area contributed by atoms with Gasteiger partial charge in [-0.1, -0.05) is 12.1 Å². The Morgan fingerprint density at radius 1 is 1.29 bits per heavy atom. The summed E-state index contributed by atoms with van der Waals surface area (Å²) in [6.45, 7) is 4.91. The predicted molar refractivity (Wildman–Crippen MR) is 97.3 cm³/mol. The van der Waals surface area contributed by atoms with Crippen LogP contribution in [0, 0.1) is 13.8 Å². The third kappa shape index (κ3) is 5.21. The zero-order valence-electron chi connectivity index (χ0n) is 15.8. The van der Waals surface area contributed by atoms with Crippen LogP contribution in [0.3, 0.4) is 0 Å². The maximum atomic E-state index is 12.7. The van der Waals surface area contributed by atoms with Crippen molar-refractivity contribution in [3.05, 3.63) is 52.9 Å². The second-order valence-electron chi connectivity index (χ2n) is 6.19. The standard InChI is InChI=1S/C19H20F3N3O3/c1-11-17(12(2)25(4)24-11)23-18(27)13(3)28-16(26)9-8-14-6-5-7-15(10-14)19(20,21)22/h5-10,13H,1-4H3,(H,23,27)/b9-8+/t13-/m1/s1. The lowest BCUT2D eigenvalue weighted by atomic mass is 10.1. The highest BCUT2D eigenvalue weighted by Gasteiger charge is 2.30. The Morgan fingerprint density at radius 2 is 1.96 bits per heavy atom. The number of rotatable bonds is 5. The van der Waals surface area contributed by atoms with Crippen molar-refractivity contribution < 1.29 is 27.5 Å². The summed E-state index contributed by atoms with van der Waals surface area (Å²) in [5.41, 5.74) is 1.27. The molecule has 0 saturated carbocycles. The number of hydrogen-bond donors (Lipinski definition) is 1. The van der Waals surface area contributed by atoms with Crippen molar-refractivity contribution in [3.8, 4) is 0 Å². The molecule has 1 heterocycles. The van der Waals surface area contributed by atoms with Crippen LogP contribution in [0.4, 0.5) is 18.9 Å². The minimum atomic E-state index is -4.47. The monoisotopic (exact) mass is 395 g/mol. The molecular weight excluding hydrogens is 375 g/mol. The van der Waals surface area contributed by atoms with E-state index in [4.69, 9.17) is 4.74 Å². The molecule has 0 aliphatic heterocycles. The summed E-state index contributed by atoms with van der Waals surface area (Å²) in [7, 11) is 1.74. The van der Waals surface area contributed by atoms with Gasteiger partial charge >= 0.3 is 12.1 Å². The zero-order valence-corrected chi connectivity index (χ0v) is 15.8. The van der Waals surface area contributed by atoms with Gasteiger partial charge in [-0.2, -0.15) is 18.3 Å². The number of hydrogen-bond acceptors (Lipinski definition) is 4. The lowest BCUT2D eigenvalue weighted by Crippen LogP contribution is -2.29. The van der Waals surface area contributed by atoms with E-state index in [1.807, 2.05) is 0 Å². The number of halogens is 3. The number of anilines is 1. The van der Waals surface area contributed by atoms with Crippen LogP contribution in [-0.4, -0.2) is 27.8 Å². The molecule has 1 N–H and O–H groups in total. The number of alkyl halides is 3. The number of aromatic nitrogens is 2. The molecule has 0 unspecified atom stereocenters. The summed E-state index contributed by atoms with van der Waals surface area (Å²) in [6, 6.07) is 4.50. The SMILES string of the molecule is Cc1nn(C)c(C)c1NC(=O)[C@@H](C)OC(=O)/C=C/c1cccc(C(F)(F)F)c1. The highest BCUT2D eigenvalue weighted by Crippen LogP contribution is 2.29. The van der Waals surface area contributed by atoms with Crippen molar-refractivity contribution in [2.24, 2.45) is 7.05 Å². The van der Waals surface area contributed by atoms with Crippen molar-refractivity contribution in [1.82, 2.24) is 9.78 Å². The number of amides is 1. The van der Waals surface area contributed by atoms with E-state index in [2.05, 4.69) is 10.4 Å². The van der Waals surface area contributed by atoms with Crippen LogP contribution in [0.15, 0.2) is 30.3 Å². The Morgan fingerprint density at radius 3 is 2.54 bits per heavy atom. The van der Waals surface area contributed by atoms with E-state index in [1.54, 1.807) is 25.6 Å². The summed E-state index contributed by atoms with van der Waals surface area (Å²) >= 11 is 0. The molecule has 0 saturated heterocycles. The number of nitrogens with zero attached hydrogens (tertiary/aromatic N) is 2. The van der Waals surface area contributed by atoms with Gasteiger partial charge in [-0.05, 0) is 44.5 Å². The molecule has 6 nitrogen and oxygen atoms in total. The average Bonchev–Trinajstić information content (AvgIpc) is 2.85. The molecule has 1 aromatic carbocycles. The molecule has 0 spiro atoms. The van der Waals surface area contributed by atoms with Crippen LogP contribution in [0.5, 0.6) is 0 Å². The maximum Gasteiger partial charge on any atom is 0.416 e. The number of benzene rings is 1. The van der Waals surface area contributed by atoms with Gasteiger partial charge in [0.25, 0.3) is 5.91 Å². The van der Waals surface area contributed by atoms with Gasteiger partial charge < -0.3 is 10.1 Å². The number of ether oxygens (including phenoxy) is 1. The number of esters is 1. The van der Waals surface area contributed by atoms with Gasteiger partial charge in [0.1, 0.15) is 0 Å². The van der Waals surface area contributed by atoms with Gasteiger partial charge in [0.2, 0.25) is 0 Å². The fraction of sp³-hybridized carbons (Fsp3) is 0.316. The highest BCUT2D eigenvalue weighted by molar-refractivity contribution is 5.97. The van der Waals surface area contributed by atoms with Gasteiger partial charge in [0, 0.05) is 13.1 Å². The van der Waals surface area contributed by atoms with Crippen molar-refractivity contribution in [2.75, 3.05) is 5.32 Å². The normalized spacial score (nSPS) is 12.8. The van der Waals surface area contributed by atoms with Crippen molar-refractivity contribution in [2.45, 2.75) is 33.1 Å². The molecule has 1 aromatic heterocycles. The molecule has 0 bridgehead atoms. The second kappa shape index (κ2) is 8.28. The molecule has 150 valence electrons. The first-order chi connectivity index (χ1) is 13.0. The van der Waals surface area contributed by atoms with E-state index in [0.29, 0.717) is 11.4 Å². The summed E-state index contributed by atoms with van der Waals surface area (Å²) in [4.78, 5) is 24.1. The number of carbonyl (C=O) groups is 2. The molecule has 1 amide bonds. The van der Waals surface area contributed by atoms with E-state index in [1.165, 1.54) is 25.1 Å². The van der Waals surface area contributed by atoms with E-state index in [9.17, 15) is 22.8 Å². The van der Waals surface area contributed by atoms with Gasteiger partial charge in [-0.3, -0.25) is 9.48 Å². The van der Waals surface area contributed by atoms with Crippen LogP contribution >= 0.6 is 0 Å². The quantitative estimate of drug-likeness (QED) is 0.620. The molecule has 2 rings (SSSR count). The van der Waals surface area contributed by atoms with E-state index >= 15 is 0 Å². The van der Waals surface area contributed by atoms with Crippen LogP contribution in [-0.2, 0) is 27.5 Å². The third-order valence-electron chi connectivity index (χ3n) is 4.05. The Kier molecular flexibility index (Phi) is 6.27. The molecule has 9 heteroatoms. The molecular formula is C19H20F3N3O3. The van der Waals surface area contributed by atoms with Gasteiger partial charge in [0.05, 0.1) is 22.6 Å². The third-order valence-corrected chi connectivity index (χ3v) is 4.05. The first-order valence-electron chi connectivity index (χ1n) is 8.36. The lowest BCUT2D eigenvalue weighted by molar-refractivity contribution is -0.148. The second-order valence-corrected chi connectivity index (χ2v) is 6.19. The zero-order chi connectivity index (χ0) is 21.1. The Hall–Kier alpha value is -3.10. The van der Waals surface area contributed by atoms with Gasteiger partial charge in [-0.15, -0.1) is 0 Å². The van der Waals surface area contributed by atoms with Crippen LogP contribution in [0.1, 0.15) is 29.4 Å². The van der Waals surface area contributed by atoms with Gasteiger partial charge in [-0.25, -0.2) is 4.79 Å². The largest absolute Gasteiger partial charge is 0.449 e. The molecule has 0 radical (unpaired) electrons. The maximum absolute atomic E-state index is 12.7. The lowest BCUT2D eigenvalue weighted by Gasteiger charge is -2.12. The Bertz CT molecular complexity index is 917. The molecule has 2 aromatic rings. The van der Waals surface area contributed by atoms with Crippen molar-refractivity contribution in [1.29, 1.82) is 0 Å². The van der Waals surface area contributed by atoms with Crippen LogP contribution < -0.4 is 5.32 Å². The van der Waals surface area contributed by atoms with Crippen molar-refractivity contribution in [3.63, 3.8) is 0 Å². The van der Waals surface area contributed by atoms with E-state index in [-0.39, 0.29) is 5.56 Å². The first-order valence-corrected chi connectivity index (χ1v) is 8.36. The number of aryl methyl sites for hydroxylation is 2. The van der Waals surface area contributed by atoms with Crippen molar-refractivity contribution >= 4 is 23.6 Å². The Balaban J connectivity index is 1.98. The van der Waals surface area contributed by atoms with Crippen LogP contribution in [0.2, 0.25) is 0 Å². The predicted octanol–water partition coefficient (Wildman–Crippen LogP) is 3.64. The van der Waals surface area contributed by atoms with Crippen LogP contribution in [0.25, 0.3) is 6.08 Å². The molecule has 1 atom stereocenters. The van der Waals surface area contributed by atoms with E-state index < -0.39 is 29.7 Å². The highest BCUT2D eigenvalue weighted by atomic mass is 19.4. The summed E-state index contributed by atoms with van der Waals surface area (Å²) in [5, 5.41) is 6.83. The minimum absolute atomic E-state index is 0.186. The smallest absolute Gasteiger partial charge is 0.416 e. The Labute approximate surface area is 160 Å². The number of nitrogens with one attached hydrogen (secondary N) is 1. The molecule has 0 aliphatic rings. The molecule has 0 fully saturated rings. The summed E-state index contributed by atoms with van der Waals surface area (Å²) in [5.74, 6) is -1.39. The number of carbonyl (C=O) groups excluding carboxylic acids is 2. The summed E-state index contributed by atoms with van der Waals surface area (Å²) < 4.78 is 44.7. The average molecular weight is 395 g/mol. The van der Waals surface area contributed by atoms with Gasteiger partial charge in [0.15, 0.2) is 6.10 Å². The molecule has 28 heavy (non-hydrogen) atoms. The first kappa shape index (κ1) is 21.2. The minimum Gasteiger partial charge on any atom is -0.449 e. The fourth-order valence-electron chi connectivity index (χ4n) is 2.43. The topological polar surface area (TPSA) is 73.2 Å². The van der Waals surface area contributed by atoms with E-state index in [0.717, 1.165) is 23.9 Å². The molecule has 0 aliphatic carbocycles. The fourth-order valence-corrected chi connectivity index (χ4v) is 2.43.